The van der Waals surface area contributed by atoms with Crippen molar-refractivity contribution in [3.05, 3.63) is 23.8 Å². The standard InChI is InChI=1S/C13H15N3O2/c1-18-11-4-2-3-10(6-14)13(11)16-12(17)5-9-7-15-8-9/h2-4,9,15H,5,7-8H2,1H3,(H,16,17). The van der Waals surface area contributed by atoms with Crippen molar-refractivity contribution >= 4 is 11.6 Å². The van der Waals surface area contributed by atoms with Crippen molar-refractivity contribution in [3.63, 3.8) is 0 Å². The van der Waals surface area contributed by atoms with Gasteiger partial charge in [0.05, 0.1) is 12.7 Å². The van der Waals surface area contributed by atoms with Crippen molar-refractivity contribution in [1.29, 1.82) is 5.26 Å². The third-order valence-electron chi connectivity index (χ3n) is 2.97. The van der Waals surface area contributed by atoms with E-state index in [2.05, 4.69) is 10.6 Å². The van der Waals surface area contributed by atoms with Crippen LogP contribution >= 0.6 is 0 Å². The molecular formula is C13H15N3O2. The first-order valence-electron chi connectivity index (χ1n) is 5.82. The number of nitrogens with one attached hydrogen (secondary N) is 2. The largest absolute Gasteiger partial charge is 0.495 e. The van der Waals surface area contributed by atoms with Gasteiger partial charge in [-0.15, -0.1) is 0 Å². The number of para-hydroxylation sites is 1. The van der Waals surface area contributed by atoms with Crippen LogP contribution in [0.1, 0.15) is 12.0 Å². The highest BCUT2D eigenvalue weighted by Crippen LogP contribution is 2.28. The van der Waals surface area contributed by atoms with Gasteiger partial charge >= 0.3 is 0 Å². The predicted octanol–water partition coefficient (Wildman–Crippen LogP) is 1.11. The van der Waals surface area contributed by atoms with Gasteiger partial charge in [0.15, 0.2) is 0 Å². The first-order chi connectivity index (χ1) is 8.74. The lowest BCUT2D eigenvalue weighted by atomic mass is 9.99. The zero-order valence-corrected chi connectivity index (χ0v) is 10.2. The van der Waals surface area contributed by atoms with Crippen LogP contribution < -0.4 is 15.4 Å². The monoisotopic (exact) mass is 245 g/mol. The molecule has 1 amide bonds. The molecule has 1 saturated heterocycles. The molecule has 2 rings (SSSR count). The van der Waals surface area contributed by atoms with Crippen LogP contribution in [0.25, 0.3) is 0 Å². The normalized spacial score (nSPS) is 14.4. The van der Waals surface area contributed by atoms with E-state index in [4.69, 9.17) is 10.00 Å². The maximum Gasteiger partial charge on any atom is 0.224 e. The summed E-state index contributed by atoms with van der Waals surface area (Å²) >= 11 is 0. The van der Waals surface area contributed by atoms with Crippen molar-refractivity contribution in [2.75, 3.05) is 25.5 Å². The van der Waals surface area contributed by atoms with Gasteiger partial charge in [0.2, 0.25) is 5.91 Å². The highest BCUT2D eigenvalue weighted by atomic mass is 16.5. The van der Waals surface area contributed by atoms with Gasteiger partial charge < -0.3 is 15.4 Å². The summed E-state index contributed by atoms with van der Waals surface area (Å²) in [4.78, 5) is 11.8. The van der Waals surface area contributed by atoms with Crippen LogP contribution in [0.15, 0.2) is 18.2 Å². The van der Waals surface area contributed by atoms with Crippen molar-refractivity contribution in [3.8, 4) is 11.8 Å². The van der Waals surface area contributed by atoms with Crippen LogP contribution in [0, 0.1) is 17.2 Å². The Balaban J connectivity index is 2.11. The van der Waals surface area contributed by atoms with Gasteiger partial charge in [-0.1, -0.05) is 6.07 Å². The molecule has 0 saturated carbocycles. The third kappa shape index (κ3) is 2.60. The number of hydrogen-bond donors (Lipinski definition) is 2. The molecule has 0 radical (unpaired) electrons. The molecule has 0 aliphatic carbocycles. The summed E-state index contributed by atoms with van der Waals surface area (Å²) in [5.41, 5.74) is 0.870. The van der Waals surface area contributed by atoms with Gasteiger partial charge in [0.1, 0.15) is 17.5 Å². The minimum absolute atomic E-state index is 0.0810. The van der Waals surface area contributed by atoms with Gasteiger partial charge in [0.25, 0.3) is 0 Å². The number of ether oxygens (including phenoxy) is 1. The van der Waals surface area contributed by atoms with E-state index in [1.165, 1.54) is 7.11 Å². The molecule has 0 spiro atoms. The SMILES string of the molecule is COc1cccc(C#N)c1NC(=O)CC1CNC1. The minimum atomic E-state index is -0.0810. The van der Waals surface area contributed by atoms with Gasteiger partial charge in [-0.2, -0.15) is 5.26 Å². The lowest BCUT2D eigenvalue weighted by Gasteiger charge is -2.26. The lowest BCUT2D eigenvalue weighted by Crippen LogP contribution is -2.43. The highest BCUT2D eigenvalue weighted by molar-refractivity contribution is 5.94. The van der Waals surface area contributed by atoms with E-state index in [-0.39, 0.29) is 5.91 Å². The molecule has 1 aliphatic heterocycles. The molecule has 0 aromatic heterocycles. The Morgan fingerprint density at radius 3 is 2.94 bits per heavy atom. The molecule has 1 aromatic carbocycles. The maximum absolute atomic E-state index is 11.8. The Bertz CT molecular complexity index is 489. The van der Waals surface area contributed by atoms with E-state index in [0.717, 1.165) is 13.1 Å². The molecular weight excluding hydrogens is 230 g/mol. The average molecular weight is 245 g/mol. The third-order valence-corrected chi connectivity index (χ3v) is 2.97. The average Bonchev–Trinajstić information content (AvgIpc) is 2.34. The minimum Gasteiger partial charge on any atom is -0.495 e. The summed E-state index contributed by atoms with van der Waals surface area (Å²) < 4.78 is 5.16. The molecule has 18 heavy (non-hydrogen) atoms. The number of nitrogens with zero attached hydrogens (tertiary/aromatic N) is 1. The summed E-state index contributed by atoms with van der Waals surface area (Å²) in [6.07, 6.45) is 0.468. The van der Waals surface area contributed by atoms with Crippen molar-refractivity contribution in [1.82, 2.24) is 5.32 Å². The zero-order chi connectivity index (χ0) is 13.0. The zero-order valence-electron chi connectivity index (χ0n) is 10.2. The fourth-order valence-corrected chi connectivity index (χ4v) is 1.87. The van der Waals surface area contributed by atoms with Crippen molar-refractivity contribution in [2.24, 2.45) is 5.92 Å². The quantitative estimate of drug-likeness (QED) is 0.833. The fourth-order valence-electron chi connectivity index (χ4n) is 1.87. The van der Waals surface area contributed by atoms with Gasteiger partial charge in [0, 0.05) is 6.42 Å². The number of nitriles is 1. The van der Waals surface area contributed by atoms with Crippen LogP contribution in [-0.4, -0.2) is 26.1 Å². The van der Waals surface area contributed by atoms with Gasteiger partial charge in [-0.05, 0) is 31.1 Å². The molecule has 1 aromatic rings. The number of carbonyl (C=O) groups excluding carboxylic acids is 1. The first kappa shape index (κ1) is 12.4. The molecule has 0 atom stereocenters. The van der Waals surface area contributed by atoms with Crippen molar-refractivity contribution in [2.45, 2.75) is 6.42 Å². The number of hydrogen-bond acceptors (Lipinski definition) is 4. The Kier molecular flexibility index (Phi) is 3.80. The molecule has 1 fully saturated rings. The van der Waals surface area contributed by atoms with Crippen LogP contribution in [0.3, 0.4) is 0 Å². The van der Waals surface area contributed by atoms with Crippen LogP contribution in [0.2, 0.25) is 0 Å². The Morgan fingerprint density at radius 2 is 2.39 bits per heavy atom. The molecule has 5 nitrogen and oxygen atoms in total. The molecule has 1 aliphatic rings. The van der Waals surface area contributed by atoms with E-state index in [1.54, 1.807) is 18.2 Å². The summed E-state index contributed by atoms with van der Waals surface area (Å²) in [7, 11) is 1.52. The Morgan fingerprint density at radius 1 is 1.61 bits per heavy atom. The number of methoxy groups -OCH3 is 1. The second kappa shape index (κ2) is 5.52. The van der Waals surface area contributed by atoms with Crippen LogP contribution in [0.4, 0.5) is 5.69 Å². The topological polar surface area (TPSA) is 74.1 Å². The Hall–Kier alpha value is -2.06. The predicted molar refractivity (Wildman–Crippen MR) is 67.3 cm³/mol. The summed E-state index contributed by atoms with van der Waals surface area (Å²) in [6.45, 7) is 1.76. The molecule has 0 bridgehead atoms. The number of rotatable bonds is 4. The van der Waals surface area contributed by atoms with E-state index in [9.17, 15) is 4.79 Å². The number of benzene rings is 1. The highest BCUT2D eigenvalue weighted by Gasteiger charge is 2.21. The second-order valence-corrected chi connectivity index (χ2v) is 4.27. The smallest absolute Gasteiger partial charge is 0.224 e. The van der Waals surface area contributed by atoms with Crippen LogP contribution in [0.5, 0.6) is 5.75 Å². The van der Waals surface area contributed by atoms with E-state index in [0.29, 0.717) is 29.3 Å². The summed E-state index contributed by atoms with van der Waals surface area (Å²) in [6, 6.07) is 7.15. The summed E-state index contributed by atoms with van der Waals surface area (Å²) in [5.74, 6) is 0.821. The summed E-state index contributed by atoms with van der Waals surface area (Å²) in [5, 5.41) is 14.9. The van der Waals surface area contributed by atoms with Gasteiger partial charge in [-0.3, -0.25) is 4.79 Å². The van der Waals surface area contributed by atoms with E-state index >= 15 is 0 Å². The molecule has 1 heterocycles. The first-order valence-corrected chi connectivity index (χ1v) is 5.82. The lowest BCUT2D eigenvalue weighted by molar-refractivity contribution is -0.117. The second-order valence-electron chi connectivity index (χ2n) is 4.27. The molecule has 94 valence electrons. The molecule has 5 heteroatoms. The molecule has 2 N–H and O–H groups in total. The van der Waals surface area contributed by atoms with Gasteiger partial charge in [-0.25, -0.2) is 0 Å². The molecule has 0 unspecified atom stereocenters. The fraction of sp³-hybridized carbons (Fsp3) is 0.385. The van der Waals surface area contributed by atoms with Crippen molar-refractivity contribution < 1.29 is 9.53 Å². The number of carbonyl (C=O) groups is 1. The Labute approximate surface area is 106 Å². The number of amides is 1. The number of anilines is 1. The van der Waals surface area contributed by atoms with E-state index in [1.807, 2.05) is 6.07 Å². The van der Waals surface area contributed by atoms with Crippen LogP contribution in [-0.2, 0) is 4.79 Å². The van der Waals surface area contributed by atoms with E-state index < -0.39 is 0 Å². The maximum atomic E-state index is 11.8.